The third-order valence-electron chi connectivity index (χ3n) is 5.35. The molecule has 0 atom stereocenters. The summed E-state index contributed by atoms with van der Waals surface area (Å²) in [6, 6.07) is 12.0. The van der Waals surface area contributed by atoms with Crippen molar-refractivity contribution in [1.29, 1.82) is 0 Å². The van der Waals surface area contributed by atoms with Crippen molar-refractivity contribution in [3.05, 3.63) is 46.2 Å². The highest BCUT2D eigenvalue weighted by Crippen LogP contribution is 2.29. The Kier molecular flexibility index (Phi) is 7.02. The number of fused-ring (bicyclic) bond motifs is 1. The monoisotopic (exact) mass is 478 g/mol. The van der Waals surface area contributed by atoms with E-state index < -0.39 is 10.0 Å². The van der Waals surface area contributed by atoms with Crippen LogP contribution in [0, 0.1) is 0 Å². The van der Waals surface area contributed by atoms with Gasteiger partial charge in [-0.3, -0.25) is 9.69 Å². The highest BCUT2D eigenvalue weighted by molar-refractivity contribution is 7.88. The summed E-state index contributed by atoms with van der Waals surface area (Å²) in [7, 11) is -3.23. The number of Topliss-reactive ketones (excluding diaryl/α,β-unsaturated/α-hetero) is 1. The Labute approximate surface area is 190 Å². The van der Waals surface area contributed by atoms with Gasteiger partial charge in [0.2, 0.25) is 10.0 Å². The summed E-state index contributed by atoms with van der Waals surface area (Å²) in [4.78, 5) is 18.8. The predicted octanol–water partition coefficient (Wildman–Crippen LogP) is 3.19. The smallest absolute Gasteiger partial charge is 0.209 e. The molecule has 0 radical (unpaired) electrons. The molecule has 31 heavy (non-hydrogen) atoms. The number of carbonyl (C=O) groups excluding carboxylic acids is 1. The van der Waals surface area contributed by atoms with Crippen molar-refractivity contribution in [2.75, 3.05) is 43.9 Å². The number of ketones is 1. The van der Waals surface area contributed by atoms with Gasteiger partial charge in [0.25, 0.3) is 0 Å². The van der Waals surface area contributed by atoms with Gasteiger partial charge >= 0.3 is 0 Å². The van der Waals surface area contributed by atoms with Gasteiger partial charge in [0.1, 0.15) is 5.82 Å². The quantitative estimate of drug-likeness (QED) is 0.476. The first-order valence-corrected chi connectivity index (χ1v) is 13.8. The zero-order chi connectivity index (χ0) is 21.8. The molecular weight excluding hydrogens is 452 g/mol. The molecule has 1 aromatic carbocycles. The van der Waals surface area contributed by atoms with E-state index in [1.165, 1.54) is 21.4 Å². The number of hydrogen-bond acceptors (Lipinski definition) is 8. The topological polar surface area (TPSA) is 82.6 Å². The minimum Gasteiger partial charge on any atom is -0.353 e. The van der Waals surface area contributed by atoms with E-state index in [4.69, 9.17) is 0 Å². The molecule has 0 bridgehead atoms. The van der Waals surface area contributed by atoms with Gasteiger partial charge in [0.05, 0.1) is 15.8 Å². The molecule has 0 spiro atoms. The van der Waals surface area contributed by atoms with Crippen molar-refractivity contribution in [2.24, 2.45) is 0 Å². The molecule has 1 N–H and O–H groups in total. The van der Waals surface area contributed by atoms with Crippen molar-refractivity contribution in [1.82, 2.24) is 14.0 Å². The zero-order valence-corrected chi connectivity index (χ0v) is 19.9. The molecule has 7 nitrogen and oxygen atoms in total. The van der Waals surface area contributed by atoms with Crippen molar-refractivity contribution in [3.8, 4) is 0 Å². The van der Waals surface area contributed by atoms with Gasteiger partial charge in [-0.05, 0) is 48.8 Å². The van der Waals surface area contributed by atoms with Crippen LogP contribution in [0.3, 0.4) is 0 Å². The molecule has 0 aliphatic carbocycles. The van der Waals surface area contributed by atoms with Crippen LogP contribution in [0.1, 0.15) is 27.4 Å². The van der Waals surface area contributed by atoms with Gasteiger partial charge in [-0.2, -0.15) is 4.37 Å². The third-order valence-corrected chi connectivity index (χ3v) is 7.97. The lowest BCUT2D eigenvalue weighted by atomic mass is 10.1. The van der Waals surface area contributed by atoms with E-state index in [1.54, 1.807) is 17.6 Å². The number of sulfonamides is 1. The highest BCUT2D eigenvalue weighted by atomic mass is 32.2. The molecule has 3 heterocycles. The summed E-state index contributed by atoms with van der Waals surface area (Å²) in [6.45, 7) is 4.98. The molecule has 1 aliphatic heterocycles. The number of aromatic nitrogens is 1. The van der Waals surface area contributed by atoms with Crippen molar-refractivity contribution in [2.45, 2.75) is 19.4 Å². The number of carbonyl (C=O) groups is 1. The largest absolute Gasteiger partial charge is 0.353 e. The van der Waals surface area contributed by atoms with E-state index in [-0.39, 0.29) is 12.3 Å². The van der Waals surface area contributed by atoms with Gasteiger partial charge in [-0.15, -0.1) is 11.3 Å². The Balaban J connectivity index is 1.21. The first kappa shape index (κ1) is 22.3. The SMILES string of the molecule is CS(=O)(=O)NCc1ccc(C(=O)CCCN2CCN(c3nsc4ccccc34)CC2)s1. The average Bonchev–Trinajstić information content (AvgIpc) is 3.40. The number of hydrogen-bond donors (Lipinski definition) is 1. The van der Waals surface area contributed by atoms with Crippen LogP contribution in [0.5, 0.6) is 0 Å². The fourth-order valence-electron chi connectivity index (χ4n) is 3.70. The van der Waals surface area contributed by atoms with Gasteiger partial charge in [-0.25, -0.2) is 13.1 Å². The van der Waals surface area contributed by atoms with Crippen LogP contribution < -0.4 is 9.62 Å². The number of nitrogens with zero attached hydrogens (tertiary/aromatic N) is 3. The molecule has 10 heteroatoms. The second-order valence-electron chi connectivity index (χ2n) is 7.72. The van der Waals surface area contributed by atoms with E-state index in [2.05, 4.69) is 37.1 Å². The van der Waals surface area contributed by atoms with Crippen LogP contribution in [-0.4, -0.2) is 62.5 Å². The van der Waals surface area contributed by atoms with Crippen molar-refractivity contribution < 1.29 is 13.2 Å². The Morgan fingerprint density at radius 3 is 2.68 bits per heavy atom. The maximum absolute atomic E-state index is 12.5. The molecule has 1 aliphatic rings. The molecule has 166 valence electrons. The van der Waals surface area contributed by atoms with Gasteiger partial charge in [0.15, 0.2) is 5.78 Å². The van der Waals surface area contributed by atoms with Crippen molar-refractivity contribution in [3.63, 3.8) is 0 Å². The molecule has 2 aromatic heterocycles. The van der Waals surface area contributed by atoms with Crippen LogP contribution >= 0.6 is 22.9 Å². The number of benzene rings is 1. The van der Waals surface area contributed by atoms with E-state index in [0.29, 0.717) is 11.3 Å². The average molecular weight is 479 g/mol. The minimum absolute atomic E-state index is 0.128. The number of anilines is 1. The van der Waals surface area contributed by atoms with Crippen LogP contribution in [0.2, 0.25) is 0 Å². The number of piperazine rings is 1. The molecule has 0 amide bonds. The second-order valence-corrected chi connectivity index (χ2v) is 11.5. The minimum atomic E-state index is -3.23. The van der Waals surface area contributed by atoms with E-state index in [1.807, 2.05) is 12.1 Å². The maximum Gasteiger partial charge on any atom is 0.209 e. The highest BCUT2D eigenvalue weighted by Gasteiger charge is 2.20. The molecular formula is C21H26N4O3S3. The second kappa shape index (κ2) is 9.74. The summed E-state index contributed by atoms with van der Waals surface area (Å²) in [5.41, 5.74) is 0. The summed E-state index contributed by atoms with van der Waals surface area (Å²) >= 11 is 2.92. The Hall–Kier alpha value is -1.85. The van der Waals surface area contributed by atoms with Crippen molar-refractivity contribution >= 4 is 54.6 Å². The van der Waals surface area contributed by atoms with E-state index >= 15 is 0 Å². The Morgan fingerprint density at radius 2 is 1.90 bits per heavy atom. The molecule has 1 saturated heterocycles. The first-order chi connectivity index (χ1) is 14.9. The lowest BCUT2D eigenvalue weighted by molar-refractivity contribution is 0.0978. The van der Waals surface area contributed by atoms with Crippen LogP contribution in [0.15, 0.2) is 36.4 Å². The van der Waals surface area contributed by atoms with Gasteiger partial charge in [-0.1, -0.05) is 12.1 Å². The fourth-order valence-corrected chi connectivity index (χ4v) is 5.92. The molecule has 0 saturated carbocycles. The molecule has 4 rings (SSSR count). The zero-order valence-electron chi connectivity index (χ0n) is 17.4. The number of nitrogens with one attached hydrogen (secondary N) is 1. The fraction of sp³-hybridized carbons (Fsp3) is 0.429. The van der Waals surface area contributed by atoms with E-state index in [0.717, 1.165) is 56.1 Å². The first-order valence-electron chi connectivity index (χ1n) is 10.3. The summed E-state index contributed by atoms with van der Waals surface area (Å²) in [5.74, 6) is 1.22. The van der Waals surface area contributed by atoms with Crippen LogP contribution in [0.25, 0.3) is 10.1 Å². The summed E-state index contributed by atoms with van der Waals surface area (Å²) in [5, 5.41) is 1.23. The molecule has 0 unspecified atom stereocenters. The number of thiophene rings is 1. The van der Waals surface area contributed by atoms with Gasteiger partial charge < -0.3 is 4.90 Å². The van der Waals surface area contributed by atoms with Gasteiger partial charge in [0, 0.05) is 49.4 Å². The third kappa shape index (κ3) is 5.89. The molecule has 1 fully saturated rings. The van der Waals surface area contributed by atoms with E-state index in [9.17, 15) is 13.2 Å². The maximum atomic E-state index is 12.5. The Morgan fingerprint density at radius 1 is 1.13 bits per heavy atom. The number of rotatable bonds is 9. The summed E-state index contributed by atoms with van der Waals surface area (Å²) in [6.07, 6.45) is 2.47. The van der Waals surface area contributed by atoms with Crippen LogP contribution in [-0.2, 0) is 16.6 Å². The summed E-state index contributed by atoms with van der Waals surface area (Å²) < 4.78 is 30.7. The lowest BCUT2D eigenvalue weighted by Crippen LogP contribution is -2.46. The standard InChI is InChI=1S/C21H26N4O3S3/c1-31(27,28)22-15-16-8-9-20(29-16)18(26)6-4-10-24-11-13-25(14-12-24)21-17-5-2-3-7-19(17)30-23-21/h2-3,5,7-9,22H,4,6,10-15H2,1H3. The van der Waals surface area contributed by atoms with Crippen LogP contribution in [0.4, 0.5) is 5.82 Å². The molecule has 3 aromatic rings. The lowest BCUT2D eigenvalue weighted by Gasteiger charge is -2.35. The normalized spacial score (nSPS) is 15.6. The predicted molar refractivity (Wildman–Crippen MR) is 128 cm³/mol. The Bertz CT molecular complexity index is 1150.